The van der Waals surface area contributed by atoms with E-state index in [-0.39, 0.29) is 0 Å². The van der Waals surface area contributed by atoms with Crippen LogP contribution < -0.4 is 0 Å². The van der Waals surface area contributed by atoms with Gasteiger partial charge in [0.15, 0.2) is 0 Å². The molecule has 3 rings (SSSR count). The van der Waals surface area contributed by atoms with Gasteiger partial charge in [-0.1, -0.05) is 114 Å². The maximum absolute atomic E-state index is 4.75. The van der Waals surface area contributed by atoms with Gasteiger partial charge in [0, 0.05) is 11.8 Å². The zero-order valence-corrected chi connectivity index (χ0v) is 22.8. The van der Waals surface area contributed by atoms with Gasteiger partial charge in [-0.3, -0.25) is 4.98 Å². The maximum atomic E-state index is 4.75. The summed E-state index contributed by atoms with van der Waals surface area (Å²) >= 11 is 0. The van der Waals surface area contributed by atoms with Crippen LogP contribution in [0.3, 0.4) is 0 Å². The van der Waals surface area contributed by atoms with Crippen molar-refractivity contribution in [2.45, 2.75) is 123 Å². The summed E-state index contributed by atoms with van der Waals surface area (Å²) in [5.74, 6) is 1.84. The van der Waals surface area contributed by atoms with E-state index in [4.69, 9.17) is 4.98 Å². The lowest BCUT2D eigenvalue weighted by molar-refractivity contribution is 0.289. The Kier molecular flexibility index (Phi) is 13.2. The minimum absolute atomic E-state index is 0.829. The van der Waals surface area contributed by atoms with Gasteiger partial charge in [-0.25, -0.2) is 0 Å². The Morgan fingerprint density at radius 2 is 1.40 bits per heavy atom. The Labute approximate surface area is 216 Å². The quantitative estimate of drug-likeness (QED) is 0.174. The Morgan fingerprint density at radius 1 is 0.714 bits per heavy atom. The zero-order chi connectivity index (χ0) is 24.6. The van der Waals surface area contributed by atoms with Crippen LogP contribution >= 0.6 is 0 Å². The summed E-state index contributed by atoms with van der Waals surface area (Å²) < 4.78 is 0. The topological polar surface area (TPSA) is 12.9 Å². The van der Waals surface area contributed by atoms with Crippen LogP contribution in [0, 0.1) is 11.8 Å². The van der Waals surface area contributed by atoms with Gasteiger partial charge in [0.05, 0.1) is 5.69 Å². The van der Waals surface area contributed by atoms with Crippen LogP contribution in [0.2, 0.25) is 0 Å². The minimum atomic E-state index is 0.829. The lowest BCUT2D eigenvalue weighted by Gasteiger charge is -2.26. The van der Waals surface area contributed by atoms with E-state index in [1.807, 2.05) is 0 Å². The fourth-order valence-electron chi connectivity index (χ4n) is 5.59. The van der Waals surface area contributed by atoms with Crippen LogP contribution in [0.15, 0.2) is 54.7 Å². The highest BCUT2D eigenvalue weighted by molar-refractivity contribution is 5.59. The molecule has 0 bridgehead atoms. The van der Waals surface area contributed by atoms with Crippen LogP contribution in [0.1, 0.15) is 121 Å². The zero-order valence-electron chi connectivity index (χ0n) is 22.8. The highest BCUT2D eigenvalue weighted by Gasteiger charge is 2.18. The number of benzene rings is 1. The summed E-state index contributed by atoms with van der Waals surface area (Å²) in [5.41, 5.74) is 5.12. The third kappa shape index (κ3) is 10.7. The number of aromatic nitrogens is 1. The van der Waals surface area contributed by atoms with Crippen molar-refractivity contribution in [3.8, 4) is 11.3 Å². The summed E-state index contributed by atoms with van der Waals surface area (Å²) in [7, 11) is 0. The van der Waals surface area contributed by atoms with E-state index in [1.54, 1.807) is 0 Å². The van der Waals surface area contributed by atoms with Crippen molar-refractivity contribution in [2.24, 2.45) is 11.8 Å². The molecule has 0 aliphatic heterocycles. The van der Waals surface area contributed by atoms with Crippen LogP contribution in [-0.2, 0) is 12.8 Å². The molecule has 1 aliphatic rings. The van der Waals surface area contributed by atoms with Crippen LogP contribution in [-0.4, -0.2) is 4.98 Å². The first-order chi connectivity index (χ1) is 17.3. The first kappa shape index (κ1) is 27.7. The SMILES string of the molecule is CCCCCCCCc1ccc(-c2ccc(CC/C=C/[C@H]3CC[C@H](CCCCC)CC3)cc2)nc1. The Bertz CT molecular complexity index is 809. The Hall–Kier alpha value is -1.89. The number of hydrogen-bond donors (Lipinski definition) is 0. The number of hydrogen-bond acceptors (Lipinski definition) is 1. The molecule has 1 heteroatoms. The predicted molar refractivity (Wildman–Crippen MR) is 154 cm³/mol. The molecule has 1 fully saturated rings. The molecule has 1 saturated carbocycles. The van der Waals surface area contributed by atoms with Crippen LogP contribution in [0.5, 0.6) is 0 Å². The third-order valence-corrected chi connectivity index (χ3v) is 8.01. The molecular formula is C34H51N. The molecule has 1 aromatic heterocycles. The fourth-order valence-corrected chi connectivity index (χ4v) is 5.59. The molecule has 0 atom stereocenters. The number of unbranched alkanes of at least 4 members (excludes halogenated alkanes) is 7. The van der Waals surface area contributed by atoms with Gasteiger partial charge in [-0.15, -0.1) is 0 Å². The van der Waals surface area contributed by atoms with Crippen molar-refractivity contribution in [3.63, 3.8) is 0 Å². The summed E-state index contributed by atoms with van der Waals surface area (Å²) in [6.45, 7) is 4.59. The lowest BCUT2D eigenvalue weighted by atomic mass is 9.79. The molecule has 0 spiro atoms. The second kappa shape index (κ2) is 16.7. The number of allylic oxidation sites excluding steroid dienone is 2. The molecule has 1 aromatic carbocycles. The Balaban J connectivity index is 1.33. The van der Waals surface area contributed by atoms with Gasteiger partial charge >= 0.3 is 0 Å². The van der Waals surface area contributed by atoms with E-state index in [2.05, 4.69) is 68.6 Å². The first-order valence-electron chi connectivity index (χ1n) is 15.0. The van der Waals surface area contributed by atoms with E-state index < -0.39 is 0 Å². The average Bonchev–Trinajstić information content (AvgIpc) is 2.90. The largest absolute Gasteiger partial charge is 0.256 e. The van der Waals surface area contributed by atoms with E-state index >= 15 is 0 Å². The molecule has 192 valence electrons. The van der Waals surface area contributed by atoms with E-state index in [0.717, 1.165) is 36.8 Å². The number of aryl methyl sites for hydroxylation is 2. The van der Waals surface area contributed by atoms with Crippen molar-refractivity contribution >= 4 is 0 Å². The smallest absolute Gasteiger partial charge is 0.0702 e. The maximum Gasteiger partial charge on any atom is 0.0702 e. The number of pyridine rings is 1. The van der Waals surface area contributed by atoms with Gasteiger partial charge in [0.25, 0.3) is 0 Å². The summed E-state index contributed by atoms with van der Waals surface area (Å²) in [5, 5.41) is 0. The van der Waals surface area contributed by atoms with Crippen LogP contribution in [0.4, 0.5) is 0 Å². The normalized spacial score (nSPS) is 18.3. The van der Waals surface area contributed by atoms with Crippen molar-refractivity contribution in [2.75, 3.05) is 0 Å². The van der Waals surface area contributed by atoms with Crippen molar-refractivity contribution < 1.29 is 0 Å². The highest BCUT2D eigenvalue weighted by atomic mass is 14.7. The standard InChI is InChI=1S/C34H51N/c1-3-5-7-8-9-11-17-32-24-27-34(35-28-32)33-25-22-31(23-26-33)16-13-12-15-30-20-18-29(19-21-30)14-10-6-4-2/h12,15,22-30H,3-11,13-14,16-21H2,1-2H3/b15-12+/t29-,30-. The molecule has 1 nitrogen and oxygen atoms in total. The Morgan fingerprint density at radius 3 is 2.11 bits per heavy atom. The van der Waals surface area contributed by atoms with Gasteiger partial charge < -0.3 is 0 Å². The van der Waals surface area contributed by atoms with E-state index in [9.17, 15) is 0 Å². The summed E-state index contributed by atoms with van der Waals surface area (Å²) in [6, 6.07) is 13.5. The van der Waals surface area contributed by atoms with E-state index in [1.165, 1.54) is 107 Å². The van der Waals surface area contributed by atoms with Crippen molar-refractivity contribution in [3.05, 3.63) is 65.9 Å². The molecule has 0 radical (unpaired) electrons. The average molecular weight is 474 g/mol. The van der Waals surface area contributed by atoms with Crippen molar-refractivity contribution in [1.29, 1.82) is 0 Å². The second-order valence-corrected chi connectivity index (χ2v) is 11.0. The van der Waals surface area contributed by atoms with Gasteiger partial charge in [-0.05, 0) is 80.4 Å². The molecule has 35 heavy (non-hydrogen) atoms. The van der Waals surface area contributed by atoms with E-state index in [0.29, 0.717) is 0 Å². The summed E-state index contributed by atoms with van der Waals surface area (Å²) in [4.78, 5) is 4.75. The third-order valence-electron chi connectivity index (χ3n) is 8.01. The van der Waals surface area contributed by atoms with Crippen molar-refractivity contribution in [1.82, 2.24) is 4.98 Å². The summed E-state index contributed by atoms with van der Waals surface area (Å²) in [6.07, 6.45) is 30.0. The van der Waals surface area contributed by atoms with Gasteiger partial charge in [0.1, 0.15) is 0 Å². The highest BCUT2D eigenvalue weighted by Crippen LogP contribution is 2.32. The molecule has 0 N–H and O–H groups in total. The second-order valence-electron chi connectivity index (χ2n) is 11.0. The molecule has 2 aromatic rings. The molecule has 1 aliphatic carbocycles. The number of rotatable bonds is 16. The number of nitrogens with zero attached hydrogens (tertiary/aromatic N) is 1. The lowest BCUT2D eigenvalue weighted by Crippen LogP contribution is -2.13. The molecule has 0 amide bonds. The first-order valence-corrected chi connectivity index (χ1v) is 15.0. The monoisotopic (exact) mass is 473 g/mol. The van der Waals surface area contributed by atoms with Gasteiger partial charge in [0.2, 0.25) is 0 Å². The van der Waals surface area contributed by atoms with Crippen LogP contribution in [0.25, 0.3) is 11.3 Å². The fraction of sp³-hybridized carbons (Fsp3) is 0.618. The molecule has 0 unspecified atom stereocenters. The molecule has 1 heterocycles. The molecule has 0 saturated heterocycles. The van der Waals surface area contributed by atoms with Gasteiger partial charge in [-0.2, -0.15) is 0 Å². The predicted octanol–water partition coefficient (Wildman–Crippen LogP) is 10.5. The molecular weight excluding hydrogens is 422 g/mol. The minimum Gasteiger partial charge on any atom is -0.256 e.